The van der Waals surface area contributed by atoms with Crippen molar-refractivity contribution in [2.24, 2.45) is 0 Å². The molecule has 2 unspecified atom stereocenters. The topological polar surface area (TPSA) is 245 Å². The van der Waals surface area contributed by atoms with Crippen molar-refractivity contribution in [1.29, 1.82) is 0 Å². The van der Waals surface area contributed by atoms with Crippen LogP contribution in [-0.2, 0) is 36.3 Å². The van der Waals surface area contributed by atoms with Crippen molar-refractivity contribution in [3.8, 4) is 0 Å². The molecule has 1 aliphatic rings. The number of aromatic nitrogens is 4. The van der Waals surface area contributed by atoms with E-state index in [9.17, 15) is 28.6 Å². The Morgan fingerprint density at radius 1 is 1.19 bits per heavy atom. The van der Waals surface area contributed by atoms with Crippen LogP contribution in [0.1, 0.15) is 6.23 Å². The lowest BCUT2D eigenvalue weighted by Crippen LogP contribution is -2.36. The fraction of sp³-hybridized carbons (Fsp3) is 0.545. The number of phosphoric acid groups is 3. The third-order valence-corrected chi connectivity index (χ3v) is 8.10. The number of H-pyrrole nitrogens is 1. The van der Waals surface area contributed by atoms with Gasteiger partial charge in [0.15, 0.2) is 10.9 Å². The van der Waals surface area contributed by atoms with E-state index in [0.29, 0.717) is 5.65 Å². The first-order valence-electron chi connectivity index (χ1n) is 8.28. The highest BCUT2D eigenvalue weighted by Crippen LogP contribution is 2.67. The van der Waals surface area contributed by atoms with Gasteiger partial charge in [-0.05, 0) is 0 Å². The summed E-state index contributed by atoms with van der Waals surface area (Å²) in [6.45, 7) is -0.266. The molecule has 0 bridgehead atoms. The molecule has 21 heteroatoms. The second kappa shape index (κ2) is 9.37. The average Bonchev–Trinajstić information content (AvgIpc) is 3.16. The van der Waals surface area contributed by atoms with E-state index < -0.39 is 48.0 Å². The van der Waals surface area contributed by atoms with E-state index in [2.05, 4.69) is 23.6 Å². The zero-order valence-corrected chi connectivity index (χ0v) is 19.3. The van der Waals surface area contributed by atoms with Crippen LogP contribution in [0.4, 0.5) is 0 Å². The Bertz CT molecular complexity index is 1180. The largest absolute Gasteiger partial charge is 0.490 e. The molecule has 0 radical (unpaired) electrons. The van der Waals surface area contributed by atoms with Crippen LogP contribution in [-0.4, -0.2) is 76.2 Å². The van der Waals surface area contributed by atoms with Crippen LogP contribution in [0.25, 0.3) is 11.2 Å². The van der Waals surface area contributed by atoms with Crippen molar-refractivity contribution in [3.05, 3.63) is 17.3 Å². The smallest absolute Gasteiger partial charge is 0.386 e. The van der Waals surface area contributed by atoms with Gasteiger partial charge in [-0.15, -0.1) is 0 Å². The molecule has 0 aromatic carbocycles. The molecule has 3 rings (SSSR count). The van der Waals surface area contributed by atoms with Gasteiger partial charge in [0.05, 0.1) is 19.3 Å². The lowest BCUT2D eigenvalue weighted by molar-refractivity contribution is -0.0577. The maximum absolute atomic E-state index is 12.2. The van der Waals surface area contributed by atoms with Crippen LogP contribution in [0.2, 0.25) is 0 Å². The monoisotopic (exact) mass is 538 g/mol. The van der Waals surface area contributed by atoms with Crippen molar-refractivity contribution in [3.63, 3.8) is 0 Å². The molecule has 0 saturated carbocycles. The zero-order chi connectivity index (χ0) is 23.9. The molecule has 6 atom stereocenters. The number of hydrogen-bond donors (Lipinski definition) is 6. The van der Waals surface area contributed by atoms with Crippen molar-refractivity contribution >= 4 is 46.8 Å². The molecule has 0 aliphatic carbocycles. The van der Waals surface area contributed by atoms with Gasteiger partial charge in [0.1, 0.15) is 29.5 Å². The van der Waals surface area contributed by atoms with Gasteiger partial charge in [0, 0.05) is 7.11 Å². The molecule has 180 valence electrons. The molecule has 32 heavy (non-hydrogen) atoms. The fourth-order valence-corrected chi connectivity index (χ4v) is 6.33. The normalized spacial score (nSPS) is 27.9. The van der Waals surface area contributed by atoms with E-state index in [-0.39, 0.29) is 16.8 Å². The third kappa shape index (κ3) is 5.94. The Hall–Kier alpha value is -0.940. The maximum atomic E-state index is 12.2. The number of phosphoric ester groups is 1. The minimum absolute atomic E-state index is 0.156. The van der Waals surface area contributed by atoms with Crippen molar-refractivity contribution in [2.45, 2.75) is 24.5 Å². The maximum Gasteiger partial charge on any atom is 0.490 e. The molecule has 0 amide bonds. The number of rotatable bonds is 9. The van der Waals surface area contributed by atoms with Crippen LogP contribution in [0.5, 0.6) is 0 Å². The number of nitrogens with zero attached hydrogens (tertiary/aromatic N) is 3. The second-order valence-corrected chi connectivity index (χ2v) is 11.0. The number of fused-ring (bicyclic) bond motifs is 1. The molecule has 17 nitrogen and oxygen atoms in total. The predicted octanol–water partition coefficient (Wildman–Crippen LogP) is 0.105. The summed E-state index contributed by atoms with van der Waals surface area (Å²) >= 11 is 5.06. The summed E-state index contributed by atoms with van der Waals surface area (Å²) in [5, 5.41) is 10.7. The first-order chi connectivity index (χ1) is 14.7. The molecule has 2 aromatic heterocycles. The molecule has 1 aliphatic heterocycles. The third-order valence-electron chi connectivity index (χ3n) is 3.96. The summed E-state index contributed by atoms with van der Waals surface area (Å²) in [5.41, 5.74) is 0.571. The Morgan fingerprint density at radius 3 is 2.50 bits per heavy atom. The number of aliphatic hydroxyl groups excluding tert-OH is 1. The Balaban J connectivity index is 1.86. The molecule has 2 aromatic rings. The lowest BCUT2D eigenvalue weighted by atomic mass is 10.1. The predicted molar refractivity (Wildman–Crippen MR) is 103 cm³/mol. The molecule has 1 fully saturated rings. The van der Waals surface area contributed by atoms with Gasteiger partial charge in [-0.2, -0.15) is 8.62 Å². The molecular weight excluding hydrogens is 521 g/mol. The number of nitrogens with one attached hydrogen (secondary N) is 1. The summed E-state index contributed by atoms with van der Waals surface area (Å²) in [4.78, 5) is 47.0. The van der Waals surface area contributed by atoms with Gasteiger partial charge in [0.25, 0.3) is 0 Å². The summed E-state index contributed by atoms with van der Waals surface area (Å²) in [7, 11) is -15.6. The van der Waals surface area contributed by atoms with Crippen molar-refractivity contribution in [2.75, 3.05) is 13.7 Å². The van der Waals surface area contributed by atoms with E-state index in [1.165, 1.54) is 24.3 Å². The number of ether oxygens (including phenoxy) is 2. The van der Waals surface area contributed by atoms with Gasteiger partial charge in [0.2, 0.25) is 0 Å². The van der Waals surface area contributed by atoms with Gasteiger partial charge >= 0.3 is 23.5 Å². The van der Waals surface area contributed by atoms with Crippen LogP contribution in [0, 0.1) is 4.64 Å². The van der Waals surface area contributed by atoms with Crippen LogP contribution < -0.4 is 0 Å². The minimum atomic E-state index is -5.74. The van der Waals surface area contributed by atoms with E-state index in [0.717, 1.165) is 0 Å². The molecule has 6 N–H and O–H groups in total. The van der Waals surface area contributed by atoms with Gasteiger partial charge in [-0.1, -0.05) is 12.2 Å². The lowest BCUT2D eigenvalue weighted by Gasteiger charge is -2.23. The summed E-state index contributed by atoms with van der Waals surface area (Å²) in [5.74, 6) is 0. The van der Waals surface area contributed by atoms with Crippen LogP contribution in [0.15, 0.2) is 12.7 Å². The first-order valence-corrected chi connectivity index (χ1v) is 13.2. The number of aromatic amines is 1. The van der Waals surface area contributed by atoms with Crippen LogP contribution >= 0.6 is 35.7 Å². The van der Waals surface area contributed by atoms with Crippen LogP contribution in [0.3, 0.4) is 0 Å². The standard InChI is InChI=1S/C11H17N4O13P3S/c1-24-2-5-8(26-30(20,21)28-31(22,23)27-29(17,18)19)7(16)11(25-5)15-4-14-6-9(15)12-3-13-10(6)32/h3-5,7-8,11,16H,2H2,1H3,(H,20,21)(H,22,23)(H,12,13,32)(H2,17,18,19)/t5-,7-,8-,11-/m1/s1. The average molecular weight is 538 g/mol. The van der Waals surface area contributed by atoms with Gasteiger partial charge in [-0.3, -0.25) is 9.09 Å². The van der Waals surface area contributed by atoms with Gasteiger partial charge in [-0.25, -0.2) is 23.7 Å². The number of aliphatic hydroxyl groups is 1. The van der Waals surface area contributed by atoms with Gasteiger partial charge < -0.3 is 39.1 Å². The summed E-state index contributed by atoms with van der Waals surface area (Å²) in [6.07, 6.45) is -3.29. The highest BCUT2D eigenvalue weighted by atomic mass is 32.1. The second-order valence-electron chi connectivity index (χ2n) is 6.23. The Morgan fingerprint density at radius 2 is 1.88 bits per heavy atom. The minimum Gasteiger partial charge on any atom is -0.386 e. The molecule has 0 spiro atoms. The molecule has 1 saturated heterocycles. The number of imidazole rings is 1. The molecule has 3 heterocycles. The van der Waals surface area contributed by atoms with E-state index >= 15 is 0 Å². The number of methoxy groups -OCH3 is 1. The van der Waals surface area contributed by atoms with Crippen molar-refractivity contribution in [1.82, 2.24) is 19.5 Å². The highest BCUT2D eigenvalue weighted by Gasteiger charge is 2.51. The quantitative estimate of drug-likeness (QED) is 0.183. The van der Waals surface area contributed by atoms with E-state index in [4.69, 9.17) is 36.0 Å². The zero-order valence-electron chi connectivity index (χ0n) is 15.8. The summed E-state index contributed by atoms with van der Waals surface area (Å²) < 4.78 is 58.7. The SMILES string of the molecule is COC[C@H]1O[C@@H](n2cnc3c(=S)nc[nH]c32)[C@H](O)[C@@H]1OP(=O)(O)OP(=O)(O)OP(=O)(O)O. The first kappa shape index (κ1) is 25.7. The fourth-order valence-electron chi connectivity index (χ4n) is 2.90. The number of hydrogen-bond acceptors (Lipinski definition) is 12. The summed E-state index contributed by atoms with van der Waals surface area (Å²) in [6, 6.07) is 0. The van der Waals surface area contributed by atoms with E-state index in [1.807, 2.05) is 0 Å². The van der Waals surface area contributed by atoms with E-state index in [1.54, 1.807) is 0 Å². The molecular formula is C11H17N4O13P3S. The Labute approximate surface area is 183 Å². The highest BCUT2D eigenvalue weighted by molar-refractivity contribution is 7.71. The Kier molecular flexibility index (Phi) is 7.52. The van der Waals surface area contributed by atoms with Crippen molar-refractivity contribution < 1.29 is 61.0 Å².